The van der Waals surface area contributed by atoms with Crippen LogP contribution in [0.4, 0.5) is 11.4 Å². The molecule has 1 aliphatic carbocycles. The number of para-hydroxylation sites is 1. The Morgan fingerprint density at radius 1 is 0.579 bits per heavy atom. The van der Waals surface area contributed by atoms with Gasteiger partial charge in [-0.1, -0.05) is 126 Å². The fourth-order valence-electron chi connectivity index (χ4n) is 6.48. The molecule has 0 saturated heterocycles. The van der Waals surface area contributed by atoms with E-state index < -0.39 is 0 Å². The van der Waals surface area contributed by atoms with Gasteiger partial charge in [0.2, 0.25) is 0 Å². The van der Waals surface area contributed by atoms with Crippen molar-refractivity contribution in [2.45, 2.75) is 85.1 Å². The highest BCUT2D eigenvalue weighted by atomic mass is 15.2. The Bertz CT molecular complexity index is 1460. The summed E-state index contributed by atoms with van der Waals surface area (Å²) in [6.07, 6.45) is 0. The van der Waals surface area contributed by atoms with E-state index in [-0.39, 0.29) is 11.0 Å². The van der Waals surface area contributed by atoms with E-state index in [9.17, 15) is 0 Å². The largest absolute Gasteiger partial charge is 0.335 e. The van der Waals surface area contributed by atoms with Gasteiger partial charge in [-0.25, -0.2) is 0 Å². The lowest BCUT2D eigenvalue weighted by atomic mass is 9.78. The fourth-order valence-corrected chi connectivity index (χ4v) is 6.48. The Kier molecular flexibility index (Phi) is 6.54. The summed E-state index contributed by atoms with van der Waals surface area (Å²) in [5.74, 6) is 0.786. The number of hydrogen-bond donors (Lipinski definition) is 0. The maximum absolute atomic E-state index is 2.70. The second-order valence-electron chi connectivity index (χ2n) is 13.0. The first-order valence-electron chi connectivity index (χ1n) is 14.2. The Labute approximate surface area is 230 Å². The Morgan fingerprint density at radius 3 is 1.79 bits per heavy atom. The molecule has 0 heterocycles. The van der Waals surface area contributed by atoms with Gasteiger partial charge in [-0.3, -0.25) is 0 Å². The highest BCUT2D eigenvalue weighted by molar-refractivity contribution is 5.93. The number of benzene rings is 4. The SMILES string of the molecule is CC(C)c1cccc(-c2ccccc2)c1N(c1c(C(C)C)ccc2c1C(C)(C)c1ccccc1-2)C(C)(C)C. The molecule has 0 aliphatic heterocycles. The molecule has 38 heavy (non-hydrogen) atoms. The van der Waals surface area contributed by atoms with E-state index in [1.165, 1.54) is 55.9 Å². The monoisotopic (exact) mass is 501 g/mol. The van der Waals surface area contributed by atoms with Crippen LogP contribution in [0.1, 0.15) is 96.4 Å². The number of fused-ring (bicyclic) bond motifs is 3. The lowest BCUT2D eigenvalue weighted by Crippen LogP contribution is -2.41. The van der Waals surface area contributed by atoms with Gasteiger partial charge in [0.05, 0.1) is 5.69 Å². The van der Waals surface area contributed by atoms with Crippen LogP contribution in [0, 0.1) is 0 Å². The summed E-state index contributed by atoms with van der Waals surface area (Å²) in [7, 11) is 0. The fraction of sp³-hybridized carbons (Fsp3) is 0.351. The molecule has 4 aromatic carbocycles. The lowest BCUT2D eigenvalue weighted by Gasteiger charge is -2.44. The van der Waals surface area contributed by atoms with Crippen LogP contribution < -0.4 is 4.90 Å². The molecule has 196 valence electrons. The van der Waals surface area contributed by atoms with Gasteiger partial charge in [0.25, 0.3) is 0 Å². The van der Waals surface area contributed by atoms with E-state index >= 15 is 0 Å². The average Bonchev–Trinajstić information content (AvgIpc) is 3.11. The van der Waals surface area contributed by atoms with Crippen LogP contribution in [0.25, 0.3) is 22.3 Å². The third kappa shape index (κ3) is 4.17. The normalized spacial score (nSPS) is 14.1. The van der Waals surface area contributed by atoms with E-state index in [0.717, 1.165) is 0 Å². The molecule has 0 spiro atoms. The number of nitrogens with zero attached hydrogens (tertiary/aromatic N) is 1. The summed E-state index contributed by atoms with van der Waals surface area (Å²) in [4.78, 5) is 2.70. The predicted octanol–water partition coefficient (Wildman–Crippen LogP) is 10.8. The zero-order valence-electron chi connectivity index (χ0n) is 24.7. The third-order valence-corrected chi connectivity index (χ3v) is 8.24. The van der Waals surface area contributed by atoms with Crippen molar-refractivity contribution < 1.29 is 0 Å². The highest BCUT2D eigenvalue weighted by Gasteiger charge is 2.42. The minimum Gasteiger partial charge on any atom is -0.335 e. The van der Waals surface area contributed by atoms with E-state index in [0.29, 0.717) is 11.8 Å². The van der Waals surface area contributed by atoms with Gasteiger partial charge in [0, 0.05) is 22.2 Å². The second-order valence-corrected chi connectivity index (χ2v) is 13.0. The predicted molar refractivity (Wildman–Crippen MR) is 166 cm³/mol. The van der Waals surface area contributed by atoms with E-state index in [4.69, 9.17) is 0 Å². The van der Waals surface area contributed by atoms with Crippen LogP contribution in [0.5, 0.6) is 0 Å². The van der Waals surface area contributed by atoms with Gasteiger partial charge in [-0.2, -0.15) is 0 Å². The first kappa shape index (κ1) is 26.3. The quantitative estimate of drug-likeness (QED) is 0.263. The zero-order chi connectivity index (χ0) is 27.4. The standard InChI is InChI=1S/C37H43N/c1-24(2)27-19-15-20-29(26-16-11-10-12-17-26)34(27)38(36(5,6)7)35-28(25(3)4)22-23-31-30-18-13-14-21-32(30)37(8,9)33(31)35/h10-25H,1-9H3. The van der Waals surface area contributed by atoms with Crippen molar-refractivity contribution in [3.63, 3.8) is 0 Å². The highest BCUT2D eigenvalue weighted by Crippen LogP contribution is 2.57. The van der Waals surface area contributed by atoms with Gasteiger partial charge in [-0.05, 0) is 71.6 Å². The first-order chi connectivity index (χ1) is 17.9. The molecule has 0 radical (unpaired) electrons. The topological polar surface area (TPSA) is 3.24 Å². The van der Waals surface area contributed by atoms with Gasteiger partial charge in [0.15, 0.2) is 0 Å². The number of hydrogen-bond acceptors (Lipinski definition) is 1. The molecule has 4 aromatic rings. The minimum atomic E-state index is -0.155. The van der Waals surface area contributed by atoms with Crippen molar-refractivity contribution in [2.75, 3.05) is 4.90 Å². The number of rotatable bonds is 5. The van der Waals surface area contributed by atoms with Crippen molar-refractivity contribution >= 4 is 11.4 Å². The summed E-state index contributed by atoms with van der Waals surface area (Å²) < 4.78 is 0. The molecule has 0 unspecified atom stereocenters. The van der Waals surface area contributed by atoms with Gasteiger partial charge in [-0.15, -0.1) is 0 Å². The summed E-state index contributed by atoms with van der Waals surface area (Å²) in [5, 5.41) is 0. The summed E-state index contributed by atoms with van der Waals surface area (Å²) in [5.41, 5.74) is 13.5. The minimum absolute atomic E-state index is 0.102. The number of anilines is 2. The maximum Gasteiger partial charge on any atom is 0.0530 e. The molecule has 0 aromatic heterocycles. The Balaban J connectivity index is 1.94. The van der Waals surface area contributed by atoms with Crippen LogP contribution in [0.3, 0.4) is 0 Å². The van der Waals surface area contributed by atoms with Crippen molar-refractivity contribution in [1.29, 1.82) is 0 Å². The van der Waals surface area contributed by atoms with Gasteiger partial charge in [0.1, 0.15) is 0 Å². The summed E-state index contributed by atoms with van der Waals surface area (Å²) in [6.45, 7) is 21.3. The van der Waals surface area contributed by atoms with Crippen molar-refractivity contribution in [2.24, 2.45) is 0 Å². The molecule has 5 rings (SSSR count). The molecule has 0 N–H and O–H groups in total. The summed E-state index contributed by atoms with van der Waals surface area (Å²) in [6, 6.07) is 31.6. The molecule has 0 fully saturated rings. The van der Waals surface area contributed by atoms with Crippen LogP contribution in [-0.2, 0) is 5.41 Å². The first-order valence-corrected chi connectivity index (χ1v) is 14.2. The van der Waals surface area contributed by atoms with E-state index in [1.54, 1.807) is 0 Å². The molecule has 0 bridgehead atoms. The van der Waals surface area contributed by atoms with Crippen molar-refractivity contribution in [3.8, 4) is 22.3 Å². The second kappa shape index (κ2) is 9.45. The molecule has 1 nitrogen and oxygen atoms in total. The van der Waals surface area contributed by atoms with Crippen molar-refractivity contribution in [3.05, 3.63) is 107 Å². The van der Waals surface area contributed by atoms with Crippen LogP contribution in [0.2, 0.25) is 0 Å². The summed E-state index contributed by atoms with van der Waals surface area (Å²) >= 11 is 0. The average molecular weight is 502 g/mol. The van der Waals surface area contributed by atoms with E-state index in [1.807, 2.05) is 0 Å². The Hall–Kier alpha value is -3.32. The molecular weight excluding hydrogens is 458 g/mol. The molecule has 0 atom stereocenters. The van der Waals surface area contributed by atoms with Crippen LogP contribution in [-0.4, -0.2) is 5.54 Å². The molecule has 0 amide bonds. The molecule has 1 heteroatoms. The van der Waals surface area contributed by atoms with Crippen LogP contribution in [0.15, 0.2) is 84.9 Å². The Morgan fingerprint density at radius 2 is 1.16 bits per heavy atom. The lowest BCUT2D eigenvalue weighted by molar-refractivity contribution is 0.548. The van der Waals surface area contributed by atoms with E-state index in [2.05, 4.69) is 152 Å². The molecule has 0 saturated carbocycles. The smallest absolute Gasteiger partial charge is 0.0530 e. The molecule has 1 aliphatic rings. The zero-order valence-corrected chi connectivity index (χ0v) is 24.7. The van der Waals surface area contributed by atoms with Gasteiger partial charge < -0.3 is 4.90 Å². The maximum atomic E-state index is 2.70. The van der Waals surface area contributed by atoms with Gasteiger partial charge >= 0.3 is 0 Å². The third-order valence-electron chi connectivity index (χ3n) is 8.24. The van der Waals surface area contributed by atoms with Crippen molar-refractivity contribution in [1.82, 2.24) is 0 Å². The van der Waals surface area contributed by atoms with Crippen LogP contribution >= 0.6 is 0 Å². The molecular formula is C37H43N.